The van der Waals surface area contributed by atoms with Gasteiger partial charge in [-0.1, -0.05) is 36.7 Å². The Hall–Kier alpha value is -2.02. The number of hydrogen-bond acceptors (Lipinski definition) is 3. The summed E-state index contributed by atoms with van der Waals surface area (Å²) in [5, 5.41) is 12.6. The molecule has 0 amide bonds. The molecule has 21 heavy (non-hydrogen) atoms. The van der Waals surface area contributed by atoms with Crippen LogP contribution in [0.5, 0.6) is 5.75 Å². The van der Waals surface area contributed by atoms with Crippen LogP contribution in [0.3, 0.4) is 0 Å². The van der Waals surface area contributed by atoms with Crippen LogP contribution >= 0.6 is 11.6 Å². The molecule has 0 bridgehead atoms. The number of hydrogen-bond donors (Lipinski definition) is 1. The predicted octanol–water partition coefficient (Wildman–Crippen LogP) is 3.90. The van der Waals surface area contributed by atoms with Gasteiger partial charge in [-0.05, 0) is 36.4 Å². The number of rotatable bonds is 6. The number of nitrogens with one attached hydrogen (secondary N) is 1. The second-order valence-corrected chi connectivity index (χ2v) is 5.04. The third-order valence-corrected chi connectivity index (χ3v) is 3.43. The summed E-state index contributed by atoms with van der Waals surface area (Å²) in [7, 11) is 0. The first-order valence-electron chi connectivity index (χ1n) is 6.84. The summed E-state index contributed by atoms with van der Waals surface area (Å²) < 4.78 is 5.72. The highest BCUT2D eigenvalue weighted by molar-refractivity contribution is 6.31. The molecule has 0 unspecified atom stereocenters. The largest absolute Gasteiger partial charge is 0.489 e. The van der Waals surface area contributed by atoms with Crippen LogP contribution in [0.1, 0.15) is 23.6 Å². The van der Waals surface area contributed by atoms with Gasteiger partial charge < -0.3 is 10.1 Å². The third kappa shape index (κ3) is 4.49. The first-order chi connectivity index (χ1) is 10.2. The molecule has 2 aromatic carbocycles. The van der Waals surface area contributed by atoms with Crippen molar-refractivity contribution in [3.63, 3.8) is 0 Å². The molecule has 0 radical (unpaired) electrons. The molecule has 0 aromatic heterocycles. The molecule has 1 N–H and O–H groups in total. The Kier molecular flexibility index (Phi) is 5.62. The summed E-state index contributed by atoms with van der Waals surface area (Å²) >= 11 is 6.12. The van der Waals surface area contributed by atoms with Crippen molar-refractivity contribution in [2.75, 3.05) is 6.54 Å². The Morgan fingerprint density at radius 1 is 1.19 bits per heavy atom. The van der Waals surface area contributed by atoms with E-state index in [0.29, 0.717) is 17.2 Å². The minimum absolute atomic E-state index is 0.386. The van der Waals surface area contributed by atoms with Gasteiger partial charge in [0.15, 0.2) is 0 Å². The molecule has 0 saturated carbocycles. The number of nitriles is 1. The van der Waals surface area contributed by atoms with E-state index in [1.807, 2.05) is 30.3 Å². The summed E-state index contributed by atoms with van der Waals surface area (Å²) in [6.45, 7) is 4.28. The lowest BCUT2D eigenvalue weighted by Crippen LogP contribution is -2.11. The van der Waals surface area contributed by atoms with Crippen LogP contribution in [-0.2, 0) is 13.2 Å². The van der Waals surface area contributed by atoms with Gasteiger partial charge in [0.1, 0.15) is 12.4 Å². The molecule has 0 aliphatic heterocycles. The highest BCUT2D eigenvalue weighted by atomic mass is 35.5. The average molecular weight is 301 g/mol. The van der Waals surface area contributed by atoms with E-state index in [4.69, 9.17) is 21.6 Å². The van der Waals surface area contributed by atoms with Gasteiger partial charge in [0.05, 0.1) is 11.6 Å². The van der Waals surface area contributed by atoms with Gasteiger partial charge in [0.25, 0.3) is 0 Å². The standard InChI is InChI=1S/C17H17ClN2O/c1-2-20-11-13-4-7-16(8-5-13)21-12-15-6-3-14(10-19)9-17(15)18/h3-9,20H,2,11-12H2,1H3. The Morgan fingerprint density at radius 3 is 2.57 bits per heavy atom. The molecule has 3 nitrogen and oxygen atoms in total. The number of ether oxygens (including phenoxy) is 1. The van der Waals surface area contributed by atoms with E-state index in [9.17, 15) is 0 Å². The van der Waals surface area contributed by atoms with E-state index >= 15 is 0 Å². The van der Waals surface area contributed by atoms with E-state index in [1.54, 1.807) is 12.1 Å². The molecule has 2 rings (SSSR count). The first kappa shape index (κ1) is 15.4. The maximum absolute atomic E-state index is 8.80. The topological polar surface area (TPSA) is 45.0 Å². The zero-order chi connectivity index (χ0) is 15.1. The van der Waals surface area contributed by atoms with Gasteiger partial charge in [0.2, 0.25) is 0 Å². The van der Waals surface area contributed by atoms with E-state index < -0.39 is 0 Å². The molecule has 2 aromatic rings. The summed E-state index contributed by atoms with van der Waals surface area (Å²) in [4.78, 5) is 0. The zero-order valence-electron chi connectivity index (χ0n) is 11.9. The number of halogens is 1. The lowest BCUT2D eigenvalue weighted by molar-refractivity contribution is 0.306. The van der Waals surface area contributed by atoms with Crippen LogP contribution in [0.25, 0.3) is 0 Å². The van der Waals surface area contributed by atoms with E-state index in [0.717, 1.165) is 24.4 Å². The monoisotopic (exact) mass is 300 g/mol. The highest BCUT2D eigenvalue weighted by Crippen LogP contribution is 2.20. The van der Waals surface area contributed by atoms with Gasteiger partial charge in [-0.3, -0.25) is 0 Å². The molecule has 0 atom stereocenters. The van der Waals surface area contributed by atoms with E-state index in [2.05, 4.69) is 18.3 Å². The van der Waals surface area contributed by atoms with Crippen LogP contribution < -0.4 is 10.1 Å². The third-order valence-electron chi connectivity index (χ3n) is 3.08. The van der Waals surface area contributed by atoms with Crippen molar-refractivity contribution in [2.24, 2.45) is 0 Å². The summed E-state index contributed by atoms with van der Waals surface area (Å²) in [6.07, 6.45) is 0. The van der Waals surface area contributed by atoms with Gasteiger partial charge in [0, 0.05) is 17.1 Å². The normalized spacial score (nSPS) is 10.1. The molecule has 4 heteroatoms. The van der Waals surface area contributed by atoms with Crippen LogP contribution in [-0.4, -0.2) is 6.54 Å². The van der Waals surface area contributed by atoms with Gasteiger partial charge >= 0.3 is 0 Å². The maximum atomic E-state index is 8.80. The summed E-state index contributed by atoms with van der Waals surface area (Å²) in [5.41, 5.74) is 2.64. The summed E-state index contributed by atoms with van der Waals surface area (Å²) in [6, 6.07) is 15.3. The van der Waals surface area contributed by atoms with Crippen LogP contribution in [0.4, 0.5) is 0 Å². The second-order valence-electron chi connectivity index (χ2n) is 4.63. The first-order valence-corrected chi connectivity index (χ1v) is 7.21. The van der Waals surface area contributed by atoms with Crippen molar-refractivity contribution in [1.82, 2.24) is 5.32 Å². The molecular formula is C17H17ClN2O. The Balaban J connectivity index is 1.95. The van der Waals surface area contributed by atoms with Crippen molar-refractivity contribution in [2.45, 2.75) is 20.1 Å². The van der Waals surface area contributed by atoms with Crippen molar-refractivity contribution < 1.29 is 4.74 Å². The fraction of sp³-hybridized carbons (Fsp3) is 0.235. The van der Waals surface area contributed by atoms with E-state index in [-0.39, 0.29) is 0 Å². The van der Waals surface area contributed by atoms with E-state index in [1.165, 1.54) is 5.56 Å². The van der Waals surface area contributed by atoms with Crippen molar-refractivity contribution >= 4 is 11.6 Å². The molecule has 0 heterocycles. The SMILES string of the molecule is CCNCc1ccc(OCc2ccc(C#N)cc2Cl)cc1. The number of nitrogens with zero attached hydrogens (tertiary/aromatic N) is 1. The van der Waals surface area contributed by atoms with Crippen molar-refractivity contribution in [3.8, 4) is 11.8 Å². The Bertz CT molecular complexity index is 632. The molecule has 0 spiro atoms. The smallest absolute Gasteiger partial charge is 0.119 e. The predicted molar refractivity (Wildman–Crippen MR) is 84.3 cm³/mol. The minimum atomic E-state index is 0.386. The lowest BCUT2D eigenvalue weighted by Gasteiger charge is -2.09. The quantitative estimate of drug-likeness (QED) is 0.880. The van der Waals surface area contributed by atoms with Gasteiger partial charge in [-0.15, -0.1) is 0 Å². The number of benzene rings is 2. The molecular weight excluding hydrogens is 284 g/mol. The van der Waals surface area contributed by atoms with Gasteiger partial charge in [-0.2, -0.15) is 5.26 Å². The van der Waals surface area contributed by atoms with Gasteiger partial charge in [-0.25, -0.2) is 0 Å². The fourth-order valence-corrected chi connectivity index (χ4v) is 2.10. The molecule has 108 valence electrons. The zero-order valence-corrected chi connectivity index (χ0v) is 12.7. The summed E-state index contributed by atoms with van der Waals surface area (Å²) in [5.74, 6) is 0.802. The van der Waals surface area contributed by atoms with Crippen LogP contribution in [0.15, 0.2) is 42.5 Å². The average Bonchev–Trinajstić information content (AvgIpc) is 2.52. The van der Waals surface area contributed by atoms with Crippen molar-refractivity contribution in [3.05, 3.63) is 64.2 Å². The Morgan fingerprint density at radius 2 is 1.95 bits per heavy atom. The molecule has 0 saturated heterocycles. The lowest BCUT2D eigenvalue weighted by atomic mass is 10.1. The van der Waals surface area contributed by atoms with Crippen molar-refractivity contribution in [1.29, 1.82) is 5.26 Å². The minimum Gasteiger partial charge on any atom is -0.489 e. The van der Waals surface area contributed by atoms with Crippen LogP contribution in [0.2, 0.25) is 5.02 Å². The van der Waals surface area contributed by atoms with Crippen LogP contribution in [0, 0.1) is 11.3 Å². The highest BCUT2D eigenvalue weighted by Gasteiger charge is 2.03. The molecule has 0 fully saturated rings. The second kappa shape index (κ2) is 7.68. The fourth-order valence-electron chi connectivity index (χ4n) is 1.87. The Labute approximate surface area is 130 Å². The molecule has 0 aliphatic rings. The maximum Gasteiger partial charge on any atom is 0.119 e. The molecule has 0 aliphatic carbocycles.